The van der Waals surface area contributed by atoms with E-state index in [4.69, 9.17) is 36.5 Å². The topological polar surface area (TPSA) is 220 Å². The highest BCUT2D eigenvalue weighted by atomic mass is 79.9. The molecule has 3 aromatic carbocycles. The summed E-state index contributed by atoms with van der Waals surface area (Å²) < 4.78 is 30.5. The standard InChI is InChI=1S/C16H15BrN4O.C10H15N3O.C10H14O.C6H3BrFNO.C4H6N4.2ClH/c1-21(10-11-3-5-14(22-2)6-4-11)16-19-8-12-7-13(17)9-18-15(12)20-16;1-13(10(11)12)7-8-3-5-9(14-2)6-4-8;1-3-4-9-5-7-10(11-2)8-6-9;7-5-1-4(3-10)6(8)9-2-5;5-4(6)8-3-1-2-7-8;;/h3-9H,10H2,1-2H3;3-6H,7H2,1-2H3,(H3,11,12);5-8H,3-4H2,1-2H3;1-3H;1-3H,(H3,5,6);2*1H. The van der Waals surface area contributed by atoms with Gasteiger partial charge in [-0.25, -0.2) is 19.6 Å². The Balaban J connectivity index is 0.000000437. The molecule has 0 saturated heterocycles. The number of aromatic nitrogens is 6. The maximum Gasteiger partial charge on any atom is 0.227 e. The van der Waals surface area contributed by atoms with E-state index in [1.165, 1.54) is 28.9 Å². The van der Waals surface area contributed by atoms with Gasteiger partial charge < -0.3 is 35.5 Å². The molecule has 0 radical (unpaired) electrons. The number of guanidine groups is 1. The number of aryl methyl sites for hydroxylation is 1. The molecule has 0 aliphatic rings. The Morgan fingerprint density at radius 3 is 1.70 bits per heavy atom. The van der Waals surface area contributed by atoms with Crippen molar-refractivity contribution in [1.82, 2.24) is 34.6 Å². The molecular formula is C46H55Br2Cl2FN12O4. The summed E-state index contributed by atoms with van der Waals surface area (Å²) in [5, 5.41) is 18.6. The van der Waals surface area contributed by atoms with Crippen LogP contribution in [0.4, 0.5) is 10.3 Å². The third-order valence-electron chi connectivity index (χ3n) is 8.71. The van der Waals surface area contributed by atoms with Crippen LogP contribution in [0.15, 0.2) is 131 Å². The number of nitrogen functional groups attached to an aromatic ring is 1. The zero-order valence-corrected chi connectivity index (χ0v) is 42.6. The fourth-order valence-electron chi connectivity index (χ4n) is 5.25. The SMILES string of the molecule is CCCc1ccc(OC)cc1.COc1ccc(CN(C)C(=N)N)cc1.COc1ccc(CN(C)c2ncc3cc(Br)cnc3n2)cc1.Cl.Cl.N=C(N)n1cccn1.O=Cc1cc(Br)cnc1F. The van der Waals surface area contributed by atoms with E-state index >= 15 is 0 Å². The van der Waals surface area contributed by atoms with E-state index in [0.29, 0.717) is 35.4 Å². The van der Waals surface area contributed by atoms with Gasteiger partial charge in [0.05, 0.1) is 26.9 Å². The average Bonchev–Trinajstić information content (AvgIpc) is 3.88. The van der Waals surface area contributed by atoms with E-state index in [1.54, 1.807) is 64.1 Å². The second-order valence-corrected chi connectivity index (χ2v) is 15.4. The van der Waals surface area contributed by atoms with Gasteiger partial charge in [0.1, 0.15) is 17.2 Å². The van der Waals surface area contributed by atoms with Gasteiger partial charge >= 0.3 is 0 Å². The Bertz CT molecular complexity index is 2530. The van der Waals surface area contributed by atoms with Gasteiger partial charge in [-0.1, -0.05) is 49.7 Å². The fraction of sp³-hybridized carbons (Fsp3) is 0.217. The molecular weight excluding hydrogens is 1030 g/mol. The zero-order valence-electron chi connectivity index (χ0n) is 37.8. The Labute approximate surface area is 419 Å². The number of benzene rings is 3. The minimum Gasteiger partial charge on any atom is -0.497 e. The van der Waals surface area contributed by atoms with E-state index < -0.39 is 5.95 Å². The lowest BCUT2D eigenvalue weighted by molar-refractivity contribution is 0.111. The number of carbonyl (C=O) groups is 1. The highest BCUT2D eigenvalue weighted by molar-refractivity contribution is 9.10. The largest absolute Gasteiger partial charge is 0.497 e. The lowest BCUT2D eigenvalue weighted by Gasteiger charge is -2.17. The monoisotopic (exact) mass is 1090 g/mol. The fourth-order valence-corrected chi connectivity index (χ4v) is 5.95. The van der Waals surface area contributed by atoms with E-state index in [0.717, 1.165) is 44.7 Å². The molecule has 7 rings (SSSR count). The van der Waals surface area contributed by atoms with Gasteiger partial charge in [0.2, 0.25) is 17.9 Å². The summed E-state index contributed by atoms with van der Waals surface area (Å²) in [7, 11) is 8.73. The first-order valence-electron chi connectivity index (χ1n) is 19.7. The van der Waals surface area contributed by atoms with Gasteiger partial charge in [0.25, 0.3) is 0 Å². The lowest BCUT2D eigenvalue weighted by Crippen LogP contribution is -2.32. The summed E-state index contributed by atoms with van der Waals surface area (Å²) in [5.74, 6) is 2.54. The van der Waals surface area contributed by atoms with Gasteiger partial charge in [-0.3, -0.25) is 15.6 Å². The van der Waals surface area contributed by atoms with Crippen molar-refractivity contribution in [3.63, 3.8) is 0 Å². The van der Waals surface area contributed by atoms with Crippen LogP contribution in [-0.2, 0) is 19.5 Å². The first kappa shape index (κ1) is 58.6. The van der Waals surface area contributed by atoms with E-state index in [9.17, 15) is 9.18 Å². The Hall–Kier alpha value is -6.41. The number of nitrogens with two attached hydrogens (primary N) is 2. The number of hydrogen-bond acceptors (Lipinski definition) is 12. The summed E-state index contributed by atoms with van der Waals surface area (Å²) in [6.07, 6.45) is 10.8. The van der Waals surface area contributed by atoms with Crippen LogP contribution in [0.5, 0.6) is 17.2 Å². The van der Waals surface area contributed by atoms with Crippen LogP contribution in [0.3, 0.4) is 0 Å². The zero-order chi connectivity index (χ0) is 47.7. The van der Waals surface area contributed by atoms with Crippen molar-refractivity contribution in [1.29, 1.82) is 10.8 Å². The highest BCUT2D eigenvalue weighted by Crippen LogP contribution is 2.19. The number of aldehydes is 1. The Kier molecular flexibility index (Phi) is 27.6. The Morgan fingerprint density at radius 2 is 1.27 bits per heavy atom. The highest BCUT2D eigenvalue weighted by Gasteiger charge is 2.08. The van der Waals surface area contributed by atoms with Crippen LogP contribution >= 0.6 is 56.7 Å². The van der Waals surface area contributed by atoms with Crippen LogP contribution in [0, 0.1) is 16.8 Å². The summed E-state index contributed by atoms with van der Waals surface area (Å²) in [6.45, 7) is 3.54. The number of pyridine rings is 2. The van der Waals surface area contributed by atoms with Crippen molar-refractivity contribution < 1.29 is 23.4 Å². The smallest absolute Gasteiger partial charge is 0.227 e. The molecule has 0 aliphatic carbocycles. The molecule has 0 spiro atoms. The second-order valence-electron chi connectivity index (χ2n) is 13.6. The van der Waals surface area contributed by atoms with Gasteiger partial charge in [0.15, 0.2) is 17.9 Å². The Morgan fingerprint density at radius 1 is 0.761 bits per heavy atom. The molecule has 4 aromatic heterocycles. The molecule has 0 fully saturated rings. The molecule has 6 N–H and O–H groups in total. The average molecular weight is 1090 g/mol. The number of nitrogens with zero attached hydrogens (tertiary/aromatic N) is 8. The predicted molar refractivity (Wildman–Crippen MR) is 275 cm³/mol. The second kappa shape index (κ2) is 31.5. The number of fused-ring (bicyclic) bond motifs is 1. The summed E-state index contributed by atoms with van der Waals surface area (Å²) in [4.78, 5) is 30.3. The molecule has 0 aliphatic heterocycles. The van der Waals surface area contributed by atoms with Gasteiger partial charge in [0, 0.05) is 72.5 Å². The quantitative estimate of drug-likeness (QED) is 0.0411. The summed E-state index contributed by atoms with van der Waals surface area (Å²) >= 11 is 6.45. The molecule has 0 saturated carbocycles. The molecule has 7 aromatic rings. The molecule has 0 atom stereocenters. The van der Waals surface area contributed by atoms with Crippen molar-refractivity contribution in [2.45, 2.75) is 32.9 Å². The van der Waals surface area contributed by atoms with Gasteiger partial charge in [-0.2, -0.15) is 14.5 Å². The van der Waals surface area contributed by atoms with E-state index in [2.05, 4.69) is 76.0 Å². The van der Waals surface area contributed by atoms with Crippen molar-refractivity contribution in [3.8, 4) is 17.2 Å². The van der Waals surface area contributed by atoms with Crippen LogP contribution in [0.2, 0.25) is 0 Å². The van der Waals surface area contributed by atoms with Crippen molar-refractivity contribution in [2.75, 3.05) is 40.3 Å². The lowest BCUT2D eigenvalue weighted by atomic mass is 10.1. The number of hydrogen-bond donors (Lipinski definition) is 4. The molecule has 0 amide bonds. The number of ether oxygens (including phenoxy) is 3. The predicted octanol–water partition coefficient (Wildman–Crippen LogP) is 9.36. The maximum absolute atomic E-state index is 12.4. The minimum absolute atomic E-state index is 0. The van der Waals surface area contributed by atoms with Gasteiger partial charge in [-0.05, 0) is 110 Å². The molecule has 4 heterocycles. The number of carbonyl (C=O) groups excluding carboxylic acids is 1. The molecule has 0 bridgehead atoms. The number of anilines is 1. The van der Waals surface area contributed by atoms with Crippen LogP contribution in [-0.4, -0.2) is 88.2 Å². The van der Waals surface area contributed by atoms with Crippen molar-refractivity contribution >= 4 is 91.9 Å². The van der Waals surface area contributed by atoms with Crippen LogP contribution in [0.25, 0.3) is 11.0 Å². The minimum atomic E-state index is -0.738. The normalized spacial score (nSPS) is 9.57. The molecule has 16 nitrogen and oxygen atoms in total. The maximum atomic E-state index is 12.4. The summed E-state index contributed by atoms with van der Waals surface area (Å²) in [6, 6.07) is 28.9. The van der Waals surface area contributed by atoms with Crippen molar-refractivity contribution in [2.24, 2.45) is 11.5 Å². The summed E-state index contributed by atoms with van der Waals surface area (Å²) in [5.41, 5.74) is 14.7. The third kappa shape index (κ3) is 21.2. The number of rotatable bonds is 11. The first-order valence-corrected chi connectivity index (χ1v) is 21.3. The molecule has 0 unspecified atom stereocenters. The number of methoxy groups -OCH3 is 3. The van der Waals surface area contributed by atoms with E-state index in [1.807, 2.05) is 78.7 Å². The van der Waals surface area contributed by atoms with Crippen LogP contribution in [0.1, 0.15) is 40.4 Å². The molecule has 358 valence electrons. The first-order chi connectivity index (χ1) is 31.2. The molecule has 67 heavy (non-hydrogen) atoms. The van der Waals surface area contributed by atoms with Crippen LogP contribution < -0.4 is 30.6 Å². The van der Waals surface area contributed by atoms with Gasteiger partial charge in [-0.15, -0.1) is 24.8 Å². The van der Waals surface area contributed by atoms with Crippen molar-refractivity contribution in [3.05, 3.63) is 159 Å². The number of nitrogens with one attached hydrogen (secondary N) is 2. The van der Waals surface area contributed by atoms with E-state index in [-0.39, 0.29) is 42.3 Å². The molecule has 21 heteroatoms. The number of halogens is 5. The third-order valence-corrected chi connectivity index (χ3v) is 9.57.